The third-order valence-electron chi connectivity index (χ3n) is 3.35. The van der Waals surface area contributed by atoms with E-state index in [1.807, 2.05) is 0 Å². The number of halogens is 4. The Balaban J connectivity index is 1.96. The van der Waals surface area contributed by atoms with Gasteiger partial charge in [-0.25, -0.2) is 4.79 Å². The first-order valence-electron chi connectivity index (χ1n) is 6.28. The van der Waals surface area contributed by atoms with Crippen molar-refractivity contribution in [3.05, 3.63) is 29.3 Å². The minimum atomic E-state index is -0.864. The first-order chi connectivity index (χ1) is 9.99. The predicted molar refractivity (Wildman–Crippen MR) is 83.7 cm³/mol. The van der Waals surface area contributed by atoms with Crippen molar-refractivity contribution in [2.24, 2.45) is 5.92 Å². The fraction of sp³-hybridized carbons (Fsp3) is 0.417. The second-order valence-electron chi connectivity index (χ2n) is 4.81. The Morgan fingerprint density at radius 2 is 2.05 bits per heavy atom. The van der Waals surface area contributed by atoms with E-state index in [0.717, 1.165) is 24.8 Å². The molecule has 1 atom stereocenters. The average Bonchev–Trinajstić information content (AvgIpc) is 3.22. The Hall–Kier alpha value is -0.400. The zero-order valence-corrected chi connectivity index (χ0v) is 13.7. The molecule has 0 radical (unpaired) electrons. The van der Waals surface area contributed by atoms with E-state index < -0.39 is 16.4 Å². The van der Waals surface area contributed by atoms with Crippen LogP contribution < -0.4 is 4.90 Å². The van der Waals surface area contributed by atoms with Gasteiger partial charge in [0.2, 0.25) is 0 Å². The van der Waals surface area contributed by atoms with Gasteiger partial charge in [0.15, 0.2) is 4.17 Å². The maximum Gasteiger partial charge on any atom is 0.370 e. The zero-order valence-electron chi connectivity index (χ0n) is 10.6. The smallest absolute Gasteiger partial charge is 0.272 e. The SMILES string of the molecule is O=C1N(c2cccc(Cl)c2)C(C2CC2)N(SC(Cl)Cl)N1F. The molecule has 21 heavy (non-hydrogen) atoms. The van der Waals surface area contributed by atoms with Crippen LogP contribution in [0, 0.1) is 5.92 Å². The number of alkyl halides is 2. The summed E-state index contributed by atoms with van der Waals surface area (Å²) in [6.45, 7) is 0. The largest absolute Gasteiger partial charge is 0.370 e. The number of anilines is 1. The van der Waals surface area contributed by atoms with E-state index in [0.29, 0.717) is 10.7 Å². The molecular formula is C12H11Cl3FN3OS. The van der Waals surface area contributed by atoms with Crippen LogP contribution in [0.4, 0.5) is 15.0 Å². The van der Waals surface area contributed by atoms with Crippen molar-refractivity contribution >= 4 is 58.5 Å². The molecule has 2 fully saturated rings. The highest BCUT2D eigenvalue weighted by Crippen LogP contribution is 2.47. The molecule has 1 aromatic carbocycles. The number of benzene rings is 1. The molecule has 1 aromatic rings. The van der Waals surface area contributed by atoms with Gasteiger partial charge in [-0.3, -0.25) is 4.90 Å². The first kappa shape index (κ1) is 15.5. The van der Waals surface area contributed by atoms with Crippen LogP contribution in [0.25, 0.3) is 0 Å². The van der Waals surface area contributed by atoms with Crippen molar-refractivity contribution in [3.63, 3.8) is 0 Å². The monoisotopic (exact) mass is 369 g/mol. The van der Waals surface area contributed by atoms with Gasteiger partial charge in [0.1, 0.15) is 6.17 Å². The molecule has 0 spiro atoms. The molecule has 1 heterocycles. The molecule has 2 amide bonds. The van der Waals surface area contributed by atoms with Crippen LogP contribution in [0.3, 0.4) is 0 Å². The Morgan fingerprint density at radius 1 is 1.33 bits per heavy atom. The highest BCUT2D eigenvalue weighted by atomic mass is 35.5. The number of nitrogens with zero attached hydrogens (tertiary/aromatic N) is 3. The van der Waals surface area contributed by atoms with E-state index >= 15 is 0 Å². The summed E-state index contributed by atoms with van der Waals surface area (Å²) in [5, 5.41) is 0.547. The minimum Gasteiger partial charge on any atom is -0.272 e. The quantitative estimate of drug-likeness (QED) is 0.431. The molecule has 9 heteroatoms. The third-order valence-corrected chi connectivity index (χ3v) is 4.79. The fourth-order valence-corrected chi connectivity index (χ4v) is 3.73. The van der Waals surface area contributed by atoms with Crippen molar-refractivity contribution < 1.29 is 9.28 Å². The summed E-state index contributed by atoms with van der Waals surface area (Å²) in [6, 6.07) is 6.01. The highest BCUT2D eigenvalue weighted by Gasteiger charge is 2.53. The molecule has 1 aliphatic carbocycles. The van der Waals surface area contributed by atoms with Gasteiger partial charge in [0, 0.05) is 10.7 Å². The van der Waals surface area contributed by atoms with Crippen molar-refractivity contribution in [3.8, 4) is 0 Å². The summed E-state index contributed by atoms with van der Waals surface area (Å²) in [6.07, 6.45) is 1.40. The van der Waals surface area contributed by atoms with Crippen molar-refractivity contribution in [2.45, 2.75) is 23.2 Å². The summed E-state index contributed by atoms with van der Waals surface area (Å²) >= 11 is 18.3. The Morgan fingerprint density at radius 3 is 2.62 bits per heavy atom. The van der Waals surface area contributed by atoms with Gasteiger partial charge in [-0.05, 0) is 48.9 Å². The summed E-state index contributed by atoms with van der Waals surface area (Å²) < 4.78 is 14.5. The van der Waals surface area contributed by atoms with Gasteiger partial charge in [-0.2, -0.15) is 0 Å². The topological polar surface area (TPSA) is 26.8 Å². The summed E-state index contributed by atoms with van der Waals surface area (Å²) in [5.74, 6) is 0.188. The van der Waals surface area contributed by atoms with E-state index in [4.69, 9.17) is 34.8 Å². The Kier molecular flexibility index (Phi) is 4.43. The molecule has 3 rings (SSSR count). The van der Waals surface area contributed by atoms with Gasteiger partial charge in [0.05, 0.1) is 0 Å². The Bertz CT molecular complexity index is 560. The fourth-order valence-electron chi connectivity index (χ4n) is 2.35. The first-order valence-corrected chi connectivity index (χ1v) is 8.36. The van der Waals surface area contributed by atoms with Gasteiger partial charge in [-0.15, -0.1) is 4.41 Å². The molecule has 0 aromatic heterocycles. The lowest BCUT2D eigenvalue weighted by Gasteiger charge is -2.27. The Labute approximate surface area is 140 Å². The lowest BCUT2D eigenvalue weighted by Crippen LogP contribution is -2.39. The van der Waals surface area contributed by atoms with Crippen LogP contribution in [-0.2, 0) is 0 Å². The van der Waals surface area contributed by atoms with E-state index in [9.17, 15) is 9.28 Å². The lowest BCUT2D eigenvalue weighted by molar-refractivity contribution is -0.0485. The van der Waals surface area contributed by atoms with Gasteiger partial charge in [-0.1, -0.05) is 50.6 Å². The number of carbonyl (C=O) groups excluding carboxylic acids is 1. The summed E-state index contributed by atoms with van der Waals surface area (Å²) in [4.78, 5) is 13.6. The van der Waals surface area contributed by atoms with Gasteiger partial charge < -0.3 is 0 Å². The van der Waals surface area contributed by atoms with Crippen molar-refractivity contribution in [1.29, 1.82) is 0 Å². The predicted octanol–water partition coefficient (Wildman–Crippen LogP) is 4.83. The maximum absolute atomic E-state index is 14.2. The van der Waals surface area contributed by atoms with Crippen LogP contribution in [0.15, 0.2) is 24.3 Å². The van der Waals surface area contributed by atoms with Gasteiger partial charge in [0.25, 0.3) is 0 Å². The van der Waals surface area contributed by atoms with E-state index in [2.05, 4.69) is 0 Å². The minimum absolute atomic E-state index is 0.0618. The van der Waals surface area contributed by atoms with E-state index in [-0.39, 0.29) is 11.1 Å². The maximum atomic E-state index is 14.2. The second-order valence-corrected chi connectivity index (χ2v) is 7.92. The molecule has 114 valence electrons. The number of urea groups is 1. The number of hydrazine groups is 1. The number of carbonyl (C=O) groups is 1. The molecule has 4 nitrogen and oxygen atoms in total. The standard InChI is InChI=1S/C12H11Cl3FN3OS/c13-8-2-1-3-9(6-8)17-10(7-4-5-7)19(21-11(14)15)18(16)12(17)20/h1-3,6-7,10-11H,4-5H2. The molecule has 2 aliphatic rings. The molecule has 0 N–H and O–H groups in total. The van der Waals surface area contributed by atoms with E-state index in [1.165, 1.54) is 9.31 Å². The molecule has 0 bridgehead atoms. The molecular weight excluding hydrogens is 360 g/mol. The van der Waals surface area contributed by atoms with E-state index in [1.54, 1.807) is 24.3 Å². The number of amides is 2. The van der Waals surface area contributed by atoms with Crippen molar-refractivity contribution in [1.82, 2.24) is 9.65 Å². The number of hydrogen-bond donors (Lipinski definition) is 0. The average molecular weight is 371 g/mol. The second kappa shape index (κ2) is 6.01. The van der Waals surface area contributed by atoms with Crippen molar-refractivity contribution in [2.75, 3.05) is 4.90 Å². The molecule has 1 saturated carbocycles. The highest BCUT2D eigenvalue weighted by molar-refractivity contribution is 8.00. The van der Waals surface area contributed by atoms with Gasteiger partial charge >= 0.3 is 6.03 Å². The lowest BCUT2D eigenvalue weighted by atomic mass is 10.2. The third kappa shape index (κ3) is 3.05. The van der Waals surface area contributed by atoms with Crippen LogP contribution in [-0.4, -0.2) is 26.0 Å². The number of hydrogen-bond acceptors (Lipinski definition) is 3. The zero-order chi connectivity index (χ0) is 15.1. The summed E-state index contributed by atoms with van der Waals surface area (Å²) in [5.41, 5.74) is 0.552. The van der Waals surface area contributed by atoms with Crippen LogP contribution >= 0.6 is 46.8 Å². The normalized spacial score (nSPS) is 23.5. The molecule has 1 aliphatic heterocycles. The van der Waals surface area contributed by atoms with Crippen LogP contribution in [0.5, 0.6) is 0 Å². The molecule has 1 saturated heterocycles. The summed E-state index contributed by atoms with van der Waals surface area (Å²) in [7, 11) is 0. The van der Waals surface area contributed by atoms with Crippen LogP contribution in [0.2, 0.25) is 5.02 Å². The molecule has 1 unspecified atom stereocenters. The number of rotatable bonds is 4. The van der Waals surface area contributed by atoms with Crippen LogP contribution in [0.1, 0.15) is 12.8 Å².